The Kier molecular flexibility index (Phi) is 9.44. The molecule has 0 spiro atoms. The van der Waals surface area contributed by atoms with E-state index in [4.69, 9.17) is 5.10 Å². The van der Waals surface area contributed by atoms with Crippen LogP contribution in [-0.2, 0) is 15.0 Å². The summed E-state index contributed by atoms with van der Waals surface area (Å²) in [6, 6.07) is 14.7. The van der Waals surface area contributed by atoms with Crippen LogP contribution in [0.25, 0.3) is 5.69 Å². The highest BCUT2D eigenvalue weighted by Gasteiger charge is 2.40. The monoisotopic (exact) mass is 560 g/mol. The second-order valence-electron chi connectivity index (χ2n) is 12.0. The number of anilines is 1. The van der Waals surface area contributed by atoms with Crippen LogP contribution in [0, 0.1) is 20.8 Å². The molecule has 2 heterocycles. The van der Waals surface area contributed by atoms with Crippen molar-refractivity contribution >= 4 is 29.4 Å². The summed E-state index contributed by atoms with van der Waals surface area (Å²) in [6.07, 6.45) is 4.34. The van der Waals surface area contributed by atoms with Gasteiger partial charge >= 0.3 is 0 Å². The standard InChI is InChI=1S/C33H44N4O2S/c1-8-9-10-13-18-34-27(38)20-36-28(39)21-40-30(25-15-12-11-14-23(25)3)29-31(33(5,6)7)35-37(32(29)36)26-17-16-22(2)19-24(26)4/h11-12,14-17,19,30H,8-10,13,18,20-21H2,1-7H3,(H,34,38). The van der Waals surface area contributed by atoms with Crippen molar-refractivity contribution in [1.29, 1.82) is 0 Å². The summed E-state index contributed by atoms with van der Waals surface area (Å²) in [7, 11) is 0. The second-order valence-corrected chi connectivity index (χ2v) is 13.1. The first-order valence-corrected chi connectivity index (χ1v) is 15.5. The quantitative estimate of drug-likeness (QED) is 0.287. The summed E-state index contributed by atoms with van der Waals surface area (Å²) in [6.45, 7) is 15.5. The van der Waals surface area contributed by atoms with Gasteiger partial charge in [-0.05, 0) is 49.9 Å². The number of aromatic nitrogens is 2. The molecule has 1 atom stereocenters. The van der Waals surface area contributed by atoms with Crippen molar-refractivity contribution in [3.05, 3.63) is 76.0 Å². The number of nitrogens with one attached hydrogen (secondary N) is 1. The smallest absolute Gasteiger partial charge is 0.240 e. The van der Waals surface area contributed by atoms with Crippen molar-refractivity contribution in [3.63, 3.8) is 0 Å². The van der Waals surface area contributed by atoms with Crippen LogP contribution in [0.5, 0.6) is 0 Å². The molecule has 1 aliphatic heterocycles. The number of hydrogen-bond donors (Lipinski definition) is 1. The van der Waals surface area contributed by atoms with E-state index in [-0.39, 0.29) is 34.8 Å². The van der Waals surface area contributed by atoms with E-state index >= 15 is 0 Å². The van der Waals surface area contributed by atoms with Gasteiger partial charge in [0.05, 0.1) is 22.4 Å². The van der Waals surface area contributed by atoms with Crippen molar-refractivity contribution in [2.24, 2.45) is 0 Å². The Hall–Kier alpha value is -3.06. The Morgan fingerprint density at radius 1 is 1.05 bits per heavy atom. The zero-order chi connectivity index (χ0) is 29.0. The molecule has 4 rings (SSSR count). The highest BCUT2D eigenvalue weighted by Crippen LogP contribution is 2.49. The number of nitrogens with zero attached hydrogens (tertiary/aromatic N) is 3. The molecule has 6 nitrogen and oxygen atoms in total. The molecular weight excluding hydrogens is 516 g/mol. The number of hydrogen-bond acceptors (Lipinski definition) is 4. The zero-order valence-corrected chi connectivity index (χ0v) is 26.0. The molecule has 1 unspecified atom stereocenters. The average Bonchev–Trinajstić information content (AvgIpc) is 3.22. The molecule has 40 heavy (non-hydrogen) atoms. The molecule has 0 aliphatic carbocycles. The lowest BCUT2D eigenvalue weighted by atomic mass is 9.86. The van der Waals surface area contributed by atoms with Crippen LogP contribution in [0.15, 0.2) is 42.5 Å². The third kappa shape index (κ3) is 6.46. The van der Waals surface area contributed by atoms with Gasteiger partial charge in [-0.15, -0.1) is 11.8 Å². The number of benzene rings is 2. The number of unbranched alkanes of at least 4 members (excludes halogenated alkanes) is 3. The Labute approximate surface area is 243 Å². The number of amides is 2. The van der Waals surface area contributed by atoms with Gasteiger partial charge in [0.25, 0.3) is 0 Å². The number of fused-ring (bicyclic) bond motifs is 1. The van der Waals surface area contributed by atoms with Crippen molar-refractivity contribution in [1.82, 2.24) is 15.1 Å². The molecule has 2 aromatic carbocycles. The van der Waals surface area contributed by atoms with E-state index in [1.54, 1.807) is 16.7 Å². The average molecular weight is 561 g/mol. The van der Waals surface area contributed by atoms with Gasteiger partial charge in [0.1, 0.15) is 12.4 Å². The van der Waals surface area contributed by atoms with Crippen LogP contribution in [0.2, 0.25) is 0 Å². The minimum Gasteiger partial charge on any atom is -0.355 e. The summed E-state index contributed by atoms with van der Waals surface area (Å²) in [5.74, 6) is 0.783. The van der Waals surface area contributed by atoms with Gasteiger partial charge in [-0.2, -0.15) is 5.10 Å². The molecule has 1 aromatic heterocycles. The molecule has 0 bridgehead atoms. The fourth-order valence-electron chi connectivity index (χ4n) is 5.39. The molecule has 0 fully saturated rings. The summed E-state index contributed by atoms with van der Waals surface area (Å²) >= 11 is 1.63. The first kappa shape index (κ1) is 29.9. The van der Waals surface area contributed by atoms with Crippen LogP contribution in [0.1, 0.15) is 92.1 Å². The van der Waals surface area contributed by atoms with E-state index < -0.39 is 0 Å². The normalized spacial score (nSPS) is 15.6. The van der Waals surface area contributed by atoms with Gasteiger partial charge in [-0.3, -0.25) is 14.5 Å². The predicted octanol–water partition coefficient (Wildman–Crippen LogP) is 6.96. The Balaban J connectivity index is 1.90. The maximum Gasteiger partial charge on any atom is 0.240 e. The summed E-state index contributed by atoms with van der Waals surface area (Å²) in [4.78, 5) is 28.8. The molecule has 3 aromatic rings. The molecule has 214 valence electrons. The first-order chi connectivity index (χ1) is 19.0. The van der Waals surface area contributed by atoms with Crippen LogP contribution < -0.4 is 10.2 Å². The lowest BCUT2D eigenvalue weighted by Crippen LogP contribution is -2.42. The molecule has 0 saturated heterocycles. The number of aryl methyl sites for hydroxylation is 3. The molecular formula is C33H44N4O2S. The fourth-order valence-corrected chi connectivity index (χ4v) is 6.68. The number of thioether (sulfide) groups is 1. The second kappa shape index (κ2) is 12.6. The van der Waals surface area contributed by atoms with Crippen LogP contribution in [0.4, 0.5) is 5.82 Å². The first-order valence-electron chi connectivity index (χ1n) is 14.5. The van der Waals surface area contributed by atoms with E-state index in [0.717, 1.165) is 48.2 Å². The molecule has 1 N–H and O–H groups in total. The summed E-state index contributed by atoms with van der Waals surface area (Å²) in [5.41, 5.74) is 7.20. The van der Waals surface area contributed by atoms with Crippen molar-refractivity contribution in [2.45, 2.75) is 84.8 Å². The summed E-state index contributed by atoms with van der Waals surface area (Å²) < 4.78 is 1.92. The summed E-state index contributed by atoms with van der Waals surface area (Å²) in [5, 5.41) is 8.21. The minimum atomic E-state index is -0.282. The predicted molar refractivity (Wildman–Crippen MR) is 167 cm³/mol. The molecule has 7 heteroatoms. The minimum absolute atomic E-state index is 0.0269. The van der Waals surface area contributed by atoms with Crippen molar-refractivity contribution in [2.75, 3.05) is 23.7 Å². The van der Waals surface area contributed by atoms with E-state index in [0.29, 0.717) is 12.4 Å². The van der Waals surface area contributed by atoms with E-state index in [9.17, 15) is 9.59 Å². The third-order valence-corrected chi connectivity index (χ3v) is 8.74. The third-order valence-electron chi connectivity index (χ3n) is 7.51. The van der Waals surface area contributed by atoms with Crippen molar-refractivity contribution < 1.29 is 9.59 Å². The van der Waals surface area contributed by atoms with Gasteiger partial charge in [-0.25, -0.2) is 4.68 Å². The SMILES string of the molecule is CCCCCCNC(=O)CN1C(=O)CSC(c2ccccc2C)c2c(C(C)(C)C)nn(-c3ccc(C)cc3C)c21. The molecule has 0 saturated carbocycles. The molecule has 1 aliphatic rings. The highest BCUT2D eigenvalue weighted by molar-refractivity contribution is 8.00. The largest absolute Gasteiger partial charge is 0.355 e. The Morgan fingerprint density at radius 2 is 1.80 bits per heavy atom. The van der Waals surface area contributed by atoms with Crippen molar-refractivity contribution in [3.8, 4) is 5.69 Å². The van der Waals surface area contributed by atoms with Gasteiger partial charge in [-0.1, -0.05) is 88.9 Å². The maximum absolute atomic E-state index is 13.9. The van der Waals surface area contributed by atoms with E-state index in [1.165, 1.54) is 16.7 Å². The van der Waals surface area contributed by atoms with Gasteiger partial charge in [0.2, 0.25) is 11.8 Å². The van der Waals surface area contributed by atoms with Crippen LogP contribution in [0.3, 0.4) is 0 Å². The number of carbonyl (C=O) groups excluding carboxylic acids is 2. The molecule has 2 amide bonds. The van der Waals surface area contributed by atoms with Gasteiger partial charge in [0, 0.05) is 17.5 Å². The van der Waals surface area contributed by atoms with E-state index in [1.807, 2.05) is 10.7 Å². The lowest BCUT2D eigenvalue weighted by molar-refractivity contribution is -0.122. The van der Waals surface area contributed by atoms with Crippen LogP contribution >= 0.6 is 11.8 Å². The van der Waals surface area contributed by atoms with Crippen LogP contribution in [-0.4, -0.2) is 40.4 Å². The fraction of sp³-hybridized carbons (Fsp3) is 0.485. The zero-order valence-electron chi connectivity index (χ0n) is 25.1. The Bertz CT molecular complexity index is 1370. The number of rotatable bonds is 9. The maximum atomic E-state index is 13.9. The Morgan fingerprint density at radius 3 is 2.48 bits per heavy atom. The van der Waals surface area contributed by atoms with Gasteiger partial charge < -0.3 is 5.32 Å². The topological polar surface area (TPSA) is 67.2 Å². The van der Waals surface area contributed by atoms with Gasteiger partial charge in [0.15, 0.2) is 0 Å². The lowest BCUT2D eigenvalue weighted by Gasteiger charge is -2.25. The molecule has 0 radical (unpaired) electrons. The van der Waals surface area contributed by atoms with E-state index in [2.05, 4.69) is 90.2 Å². The number of carbonyl (C=O) groups is 2. The highest BCUT2D eigenvalue weighted by atomic mass is 32.2.